The summed E-state index contributed by atoms with van der Waals surface area (Å²) in [5, 5.41) is 8.18. The Hall–Kier alpha value is -3.11. The second-order valence-corrected chi connectivity index (χ2v) is 7.82. The Morgan fingerprint density at radius 3 is 2.81 bits per heavy atom. The molecule has 0 atom stereocenters. The maximum absolute atomic E-state index is 11.3. The maximum atomic E-state index is 11.3. The molecule has 0 fully saturated rings. The van der Waals surface area contributed by atoms with Gasteiger partial charge in [-0.2, -0.15) is 4.98 Å². The first-order valence-corrected chi connectivity index (χ1v) is 9.91. The topological polar surface area (TPSA) is 127 Å². The molecule has 1 aliphatic rings. The zero-order valence-electron chi connectivity index (χ0n) is 14.3. The fraction of sp³-hybridized carbons (Fsp3) is 0.176. The van der Waals surface area contributed by atoms with E-state index in [0.717, 1.165) is 11.3 Å². The average Bonchev–Trinajstić information content (AvgIpc) is 3.05. The quantitative estimate of drug-likeness (QED) is 0.675. The molecule has 3 N–H and O–H groups in total. The van der Waals surface area contributed by atoms with Crippen LogP contribution in [0.2, 0.25) is 0 Å². The fourth-order valence-corrected chi connectivity index (χ4v) is 3.59. The molecule has 1 aliphatic heterocycles. The van der Waals surface area contributed by atoms with Crippen LogP contribution in [0.15, 0.2) is 48.9 Å². The first kappa shape index (κ1) is 17.3. The monoisotopic (exact) mass is 383 g/mol. The van der Waals surface area contributed by atoms with Crippen molar-refractivity contribution >= 4 is 27.6 Å². The van der Waals surface area contributed by atoms with Crippen LogP contribution in [-0.4, -0.2) is 28.4 Å². The zero-order valence-corrected chi connectivity index (χ0v) is 15.1. The summed E-state index contributed by atoms with van der Waals surface area (Å²) >= 11 is 0. The van der Waals surface area contributed by atoms with Gasteiger partial charge in [0.1, 0.15) is 6.33 Å². The number of primary sulfonamides is 1. The lowest BCUT2D eigenvalue weighted by Crippen LogP contribution is -2.18. The minimum Gasteiger partial charge on any atom is -0.330 e. The van der Waals surface area contributed by atoms with E-state index in [0.29, 0.717) is 36.2 Å². The van der Waals surface area contributed by atoms with Crippen LogP contribution in [0.4, 0.5) is 17.6 Å². The van der Waals surface area contributed by atoms with Crippen LogP contribution in [-0.2, 0) is 28.9 Å². The van der Waals surface area contributed by atoms with E-state index in [4.69, 9.17) is 5.14 Å². The molecular formula is C17H17N7O2S. The molecule has 9 nitrogen and oxygen atoms in total. The summed E-state index contributed by atoms with van der Waals surface area (Å²) in [5.74, 6) is 0.687. The number of nitrogens with two attached hydrogens (primary N) is 1. The number of hydrogen-bond acceptors (Lipinski definition) is 8. The molecule has 0 spiro atoms. The summed E-state index contributed by atoms with van der Waals surface area (Å²) in [6, 6.07) is 10.9. The van der Waals surface area contributed by atoms with E-state index in [9.17, 15) is 8.42 Å². The molecule has 0 aliphatic carbocycles. The SMILES string of the molecule is NS(=O)(=O)Cc1cccc(Nc2ncnc(N3Cc4cccnc4C3)n2)c1. The van der Waals surface area contributed by atoms with Gasteiger partial charge in [0.15, 0.2) is 0 Å². The van der Waals surface area contributed by atoms with Crippen LogP contribution >= 0.6 is 0 Å². The molecule has 0 saturated heterocycles. The van der Waals surface area contributed by atoms with Gasteiger partial charge in [0.25, 0.3) is 0 Å². The van der Waals surface area contributed by atoms with Crippen molar-refractivity contribution < 1.29 is 8.42 Å². The Kier molecular flexibility index (Phi) is 4.42. The van der Waals surface area contributed by atoms with E-state index in [2.05, 4.69) is 25.3 Å². The number of nitrogens with one attached hydrogen (secondary N) is 1. The van der Waals surface area contributed by atoms with Gasteiger partial charge in [-0.25, -0.2) is 23.5 Å². The van der Waals surface area contributed by atoms with E-state index in [1.807, 2.05) is 17.0 Å². The molecule has 27 heavy (non-hydrogen) atoms. The van der Waals surface area contributed by atoms with Crippen molar-refractivity contribution in [1.82, 2.24) is 19.9 Å². The standard InChI is InChI=1S/C17H17N7O2S/c18-27(25,26)10-12-3-1-5-14(7-12)22-16-20-11-21-17(23-16)24-8-13-4-2-6-19-15(13)9-24/h1-7,11H,8-10H2,(H2,18,25,26)(H,20,21,22,23). The highest BCUT2D eigenvalue weighted by Gasteiger charge is 2.22. The number of anilines is 3. The van der Waals surface area contributed by atoms with Crippen molar-refractivity contribution in [2.45, 2.75) is 18.8 Å². The first-order valence-electron chi connectivity index (χ1n) is 8.19. The number of fused-ring (bicyclic) bond motifs is 1. The van der Waals surface area contributed by atoms with Gasteiger partial charge in [0, 0.05) is 18.4 Å². The second-order valence-electron chi connectivity index (χ2n) is 6.21. The van der Waals surface area contributed by atoms with E-state index >= 15 is 0 Å². The van der Waals surface area contributed by atoms with Gasteiger partial charge >= 0.3 is 0 Å². The molecule has 4 rings (SSSR count). The lowest BCUT2D eigenvalue weighted by molar-refractivity contribution is 0.597. The number of aromatic nitrogens is 4. The minimum atomic E-state index is -3.59. The Labute approximate surface area is 156 Å². The van der Waals surface area contributed by atoms with Crippen LogP contribution in [0.1, 0.15) is 16.8 Å². The normalized spacial score (nSPS) is 13.4. The third kappa shape index (κ3) is 4.18. The molecule has 0 unspecified atom stereocenters. The zero-order chi connectivity index (χ0) is 18.9. The smallest absolute Gasteiger partial charge is 0.231 e. The molecule has 0 bridgehead atoms. The molecule has 1 aromatic carbocycles. The molecule has 0 saturated carbocycles. The predicted octanol–water partition coefficient (Wildman–Crippen LogP) is 1.32. The third-order valence-corrected chi connectivity index (χ3v) is 4.81. The summed E-state index contributed by atoms with van der Waals surface area (Å²) in [5.41, 5.74) is 3.42. The highest BCUT2D eigenvalue weighted by atomic mass is 32.2. The van der Waals surface area contributed by atoms with E-state index < -0.39 is 10.0 Å². The van der Waals surface area contributed by atoms with Crippen molar-refractivity contribution in [2.24, 2.45) is 5.14 Å². The maximum Gasteiger partial charge on any atom is 0.231 e. The van der Waals surface area contributed by atoms with Crippen LogP contribution in [0.25, 0.3) is 0 Å². The number of benzene rings is 1. The van der Waals surface area contributed by atoms with Crippen LogP contribution < -0.4 is 15.4 Å². The summed E-state index contributed by atoms with van der Waals surface area (Å²) in [6.07, 6.45) is 3.21. The van der Waals surface area contributed by atoms with Crippen LogP contribution in [0.5, 0.6) is 0 Å². The summed E-state index contributed by atoms with van der Waals surface area (Å²) in [4.78, 5) is 19.2. The van der Waals surface area contributed by atoms with Gasteiger partial charge < -0.3 is 10.2 Å². The molecule has 3 heterocycles. The van der Waals surface area contributed by atoms with Crippen molar-refractivity contribution in [1.29, 1.82) is 0 Å². The number of nitrogens with zero attached hydrogens (tertiary/aromatic N) is 5. The molecular weight excluding hydrogens is 366 g/mol. The molecule has 0 radical (unpaired) electrons. The predicted molar refractivity (Wildman–Crippen MR) is 100 cm³/mol. The summed E-state index contributed by atoms with van der Waals surface area (Å²) < 4.78 is 22.5. The van der Waals surface area contributed by atoms with Gasteiger partial charge in [-0.3, -0.25) is 4.98 Å². The Bertz CT molecular complexity index is 1060. The lowest BCUT2D eigenvalue weighted by Gasteiger charge is -2.15. The lowest BCUT2D eigenvalue weighted by atomic mass is 10.2. The van der Waals surface area contributed by atoms with Crippen LogP contribution in [0, 0.1) is 0 Å². The van der Waals surface area contributed by atoms with Crippen LogP contribution in [0.3, 0.4) is 0 Å². The van der Waals surface area contributed by atoms with Crippen molar-refractivity contribution in [3.05, 3.63) is 65.7 Å². The van der Waals surface area contributed by atoms with E-state index in [1.54, 1.807) is 30.5 Å². The highest BCUT2D eigenvalue weighted by molar-refractivity contribution is 7.88. The Balaban J connectivity index is 1.52. The Morgan fingerprint density at radius 1 is 1.11 bits per heavy atom. The summed E-state index contributed by atoms with van der Waals surface area (Å²) in [7, 11) is -3.59. The number of rotatable bonds is 5. The van der Waals surface area contributed by atoms with Gasteiger partial charge in [-0.05, 0) is 29.3 Å². The summed E-state index contributed by atoms with van der Waals surface area (Å²) in [6.45, 7) is 1.33. The van der Waals surface area contributed by atoms with E-state index in [1.165, 1.54) is 6.33 Å². The number of pyridine rings is 1. The van der Waals surface area contributed by atoms with Crippen molar-refractivity contribution in [3.8, 4) is 0 Å². The molecule has 10 heteroatoms. The number of hydrogen-bond donors (Lipinski definition) is 2. The van der Waals surface area contributed by atoms with Gasteiger partial charge in [0.05, 0.1) is 18.0 Å². The number of sulfonamides is 1. The molecule has 2 aromatic heterocycles. The average molecular weight is 383 g/mol. The van der Waals surface area contributed by atoms with Crippen molar-refractivity contribution in [3.63, 3.8) is 0 Å². The third-order valence-electron chi connectivity index (χ3n) is 4.08. The van der Waals surface area contributed by atoms with Gasteiger partial charge in [-0.15, -0.1) is 0 Å². The minimum absolute atomic E-state index is 0.232. The van der Waals surface area contributed by atoms with E-state index in [-0.39, 0.29) is 5.75 Å². The highest BCUT2D eigenvalue weighted by Crippen LogP contribution is 2.24. The van der Waals surface area contributed by atoms with Crippen molar-refractivity contribution in [2.75, 3.05) is 10.2 Å². The largest absolute Gasteiger partial charge is 0.330 e. The second kappa shape index (κ2) is 6.89. The fourth-order valence-electron chi connectivity index (χ4n) is 2.94. The molecule has 0 amide bonds. The van der Waals surface area contributed by atoms with Gasteiger partial charge in [-0.1, -0.05) is 18.2 Å². The van der Waals surface area contributed by atoms with Gasteiger partial charge in [0.2, 0.25) is 21.9 Å². The molecule has 3 aromatic rings. The molecule has 138 valence electrons. The Morgan fingerprint density at radius 2 is 2.00 bits per heavy atom. The first-order chi connectivity index (χ1) is 13.0.